The van der Waals surface area contributed by atoms with Crippen molar-refractivity contribution in [3.8, 4) is 0 Å². The van der Waals surface area contributed by atoms with Crippen molar-refractivity contribution in [1.82, 2.24) is 30.1 Å². The summed E-state index contributed by atoms with van der Waals surface area (Å²) in [5.41, 5.74) is 7.61. The van der Waals surface area contributed by atoms with E-state index in [0.717, 1.165) is 62.1 Å². The van der Waals surface area contributed by atoms with Crippen LogP contribution >= 0.6 is 0 Å². The molecule has 0 amide bonds. The van der Waals surface area contributed by atoms with E-state index >= 15 is 0 Å². The van der Waals surface area contributed by atoms with Gasteiger partial charge in [-0.05, 0) is 103 Å². The Bertz CT molecular complexity index is 1540. The minimum absolute atomic E-state index is 0.0922. The van der Waals surface area contributed by atoms with Crippen LogP contribution in [0, 0.1) is 27.7 Å². The van der Waals surface area contributed by atoms with Crippen LogP contribution in [0.1, 0.15) is 52.5 Å². The van der Waals surface area contributed by atoms with Crippen molar-refractivity contribution >= 4 is 16.6 Å². The number of pyridine rings is 1. The maximum Gasteiger partial charge on any atom is 0.253 e. The summed E-state index contributed by atoms with van der Waals surface area (Å²) in [6.45, 7) is 13.1. The third kappa shape index (κ3) is 5.08. The molecule has 2 aliphatic heterocycles. The first-order valence-electron chi connectivity index (χ1n) is 14.0. The smallest absolute Gasteiger partial charge is 0.253 e. The molecule has 4 aromatic rings. The summed E-state index contributed by atoms with van der Waals surface area (Å²) in [6, 6.07) is 12.5. The van der Waals surface area contributed by atoms with Crippen molar-refractivity contribution in [3.05, 3.63) is 80.4 Å². The van der Waals surface area contributed by atoms with Gasteiger partial charge in [0.05, 0.1) is 12.6 Å². The zero-order valence-electron chi connectivity index (χ0n) is 23.3. The molecule has 9 heteroatoms. The number of hydrogen-bond donors (Lipinski definition) is 1. The van der Waals surface area contributed by atoms with Crippen LogP contribution in [0.25, 0.3) is 10.9 Å². The molecular weight excluding hydrogens is 490 g/mol. The highest BCUT2D eigenvalue weighted by Gasteiger charge is 2.34. The van der Waals surface area contributed by atoms with Crippen molar-refractivity contribution in [2.24, 2.45) is 0 Å². The minimum Gasteiger partial charge on any atom is -0.376 e. The molecular formula is C30H37N7O2. The number of benzene rings is 2. The van der Waals surface area contributed by atoms with Crippen LogP contribution in [-0.2, 0) is 11.3 Å². The largest absolute Gasteiger partial charge is 0.376 e. The van der Waals surface area contributed by atoms with E-state index in [-0.39, 0.29) is 17.7 Å². The number of fused-ring (bicyclic) bond motifs is 1. The SMILES string of the molecule is Cc1ccc(C)c(N2CCN([C@H](c3cc4cc(C)c(C)cc4[nH]c3=O)c3nnnn3C[C@H]3CCCO3)CC2)c1. The van der Waals surface area contributed by atoms with Crippen LogP contribution < -0.4 is 10.5 Å². The summed E-state index contributed by atoms with van der Waals surface area (Å²) >= 11 is 0. The number of nitrogens with zero attached hydrogens (tertiary/aromatic N) is 6. The van der Waals surface area contributed by atoms with Crippen LogP contribution in [0.4, 0.5) is 5.69 Å². The van der Waals surface area contributed by atoms with Crippen molar-refractivity contribution in [2.75, 3.05) is 37.7 Å². The minimum atomic E-state index is -0.364. The molecule has 6 rings (SSSR count). The molecule has 4 heterocycles. The Balaban J connectivity index is 1.38. The molecule has 0 saturated carbocycles. The standard InChI is InChI=1S/C30H37N7O2/c1-19-7-8-20(2)27(14-19)35-9-11-36(12-10-35)28(29-32-33-34-37(29)18-24-6-5-13-39-24)25-17-23-15-21(3)22(4)16-26(23)31-30(25)38/h7-8,14-17,24,28H,5-6,9-13,18H2,1-4H3,(H,31,38)/t24-,28-/m1/s1. The average Bonchev–Trinajstić information content (AvgIpc) is 3.61. The van der Waals surface area contributed by atoms with Crippen molar-refractivity contribution in [1.29, 1.82) is 0 Å². The molecule has 0 bridgehead atoms. The highest BCUT2D eigenvalue weighted by Crippen LogP contribution is 2.31. The molecule has 39 heavy (non-hydrogen) atoms. The van der Waals surface area contributed by atoms with Gasteiger partial charge in [-0.3, -0.25) is 9.69 Å². The number of aryl methyl sites for hydroxylation is 4. The van der Waals surface area contributed by atoms with Crippen molar-refractivity contribution in [2.45, 2.75) is 59.2 Å². The summed E-state index contributed by atoms with van der Waals surface area (Å²) in [4.78, 5) is 21.6. The van der Waals surface area contributed by atoms with Crippen LogP contribution in [0.5, 0.6) is 0 Å². The highest BCUT2D eigenvalue weighted by atomic mass is 16.5. The Kier molecular flexibility index (Phi) is 6.95. The van der Waals surface area contributed by atoms with Gasteiger partial charge < -0.3 is 14.6 Å². The zero-order valence-corrected chi connectivity index (χ0v) is 23.3. The molecule has 204 valence electrons. The van der Waals surface area contributed by atoms with E-state index in [1.807, 2.05) is 10.7 Å². The Hall–Kier alpha value is -3.56. The third-order valence-electron chi connectivity index (χ3n) is 8.37. The first-order valence-corrected chi connectivity index (χ1v) is 14.0. The van der Waals surface area contributed by atoms with Gasteiger partial charge in [-0.1, -0.05) is 12.1 Å². The number of nitrogens with one attached hydrogen (secondary N) is 1. The lowest BCUT2D eigenvalue weighted by Gasteiger charge is -2.40. The Morgan fingerprint density at radius 3 is 2.56 bits per heavy atom. The second kappa shape index (κ2) is 10.5. The fourth-order valence-corrected chi connectivity index (χ4v) is 6.00. The zero-order chi connectivity index (χ0) is 27.1. The van der Waals surface area contributed by atoms with Crippen molar-refractivity contribution < 1.29 is 4.74 Å². The van der Waals surface area contributed by atoms with Gasteiger partial charge in [-0.15, -0.1) is 5.10 Å². The molecule has 2 aromatic carbocycles. The normalized spacial score (nSPS) is 19.2. The van der Waals surface area contributed by atoms with Crippen LogP contribution in [0.2, 0.25) is 0 Å². The summed E-state index contributed by atoms with van der Waals surface area (Å²) < 4.78 is 7.75. The monoisotopic (exact) mass is 527 g/mol. The van der Waals surface area contributed by atoms with Gasteiger partial charge >= 0.3 is 0 Å². The molecule has 2 atom stereocenters. The summed E-state index contributed by atoms with van der Waals surface area (Å²) in [6.07, 6.45) is 2.14. The van der Waals surface area contributed by atoms with E-state index in [4.69, 9.17) is 4.74 Å². The number of hydrogen-bond acceptors (Lipinski definition) is 7. The molecule has 0 unspecified atom stereocenters. The fraction of sp³-hybridized carbons (Fsp3) is 0.467. The Morgan fingerprint density at radius 2 is 1.79 bits per heavy atom. The first-order chi connectivity index (χ1) is 18.9. The lowest BCUT2D eigenvalue weighted by atomic mass is 10.00. The number of aromatic nitrogens is 5. The molecule has 2 fully saturated rings. The maximum atomic E-state index is 13.6. The van der Waals surface area contributed by atoms with E-state index in [1.165, 1.54) is 22.4 Å². The lowest BCUT2D eigenvalue weighted by molar-refractivity contribution is 0.0906. The van der Waals surface area contributed by atoms with E-state index in [9.17, 15) is 4.79 Å². The van der Waals surface area contributed by atoms with Gasteiger partial charge in [-0.25, -0.2) is 4.68 Å². The number of piperazine rings is 1. The predicted molar refractivity (Wildman–Crippen MR) is 152 cm³/mol. The molecule has 0 spiro atoms. The fourth-order valence-electron chi connectivity index (χ4n) is 6.00. The molecule has 0 aliphatic carbocycles. The summed E-state index contributed by atoms with van der Waals surface area (Å²) in [5.74, 6) is 0.694. The van der Waals surface area contributed by atoms with Gasteiger partial charge in [-0.2, -0.15) is 0 Å². The number of rotatable bonds is 6. The van der Waals surface area contributed by atoms with Gasteiger partial charge in [0, 0.05) is 49.6 Å². The maximum absolute atomic E-state index is 13.6. The number of ether oxygens (including phenoxy) is 1. The molecule has 0 radical (unpaired) electrons. The quantitative estimate of drug-likeness (QED) is 0.407. The third-order valence-corrected chi connectivity index (χ3v) is 8.37. The Morgan fingerprint density at radius 1 is 1.00 bits per heavy atom. The van der Waals surface area contributed by atoms with E-state index in [2.05, 4.69) is 88.3 Å². The van der Waals surface area contributed by atoms with Crippen LogP contribution in [0.15, 0.2) is 41.2 Å². The van der Waals surface area contributed by atoms with Gasteiger partial charge in [0.1, 0.15) is 6.04 Å². The molecule has 2 saturated heterocycles. The van der Waals surface area contributed by atoms with Crippen molar-refractivity contribution in [3.63, 3.8) is 0 Å². The van der Waals surface area contributed by atoms with Gasteiger partial charge in [0.25, 0.3) is 5.56 Å². The Labute approximate surface area is 228 Å². The van der Waals surface area contributed by atoms with E-state index in [1.54, 1.807) is 0 Å². The first kappa shape index (κ1) is 25.7. The molecule has 2 aliphatic rings. The molecule has 2 aromatic heterocycles. The summed E-state index contributed by atoms with van der Waals surface area (Å²) in [5, 5.41) is 13.9. The number of H-pyrrole nitrogens is 1. The second-order valence-corrected chi connectivity index (χ2v) is 11.1. The van der Waals surface area contributed by atoms with Crippen LogP contribution in [0.3, 0.4) is 0 Å². The highest BCUT2D eigenvalue weighted by molar-refractivity contribution is 5.81. The van der Waals surface area contributed by atoms with E-state index < -0.39 is 0 Å². The van der Waals surface area contributed by atoms with Crippen LogP contribution in [-0.4, -0.2) is 69.0 Å². The number of anilines is 1. The second-order valence-electron chi connectivity index (χ2n) is 11.1. The van der Waals surface area contributed by atoms with Gasteiger partial charge in [0.2, 0.25) is 0 Å². The molecule has 1 N–H and O–H groups in total. The van der Waals surface area contributed by atoms with Gasteiger partial charge in [0.15, 0.2) is 5.82 Å². The topological polar surface area (TPSA) is 92.2 Å². The predicted octanol–water partition coefficient (Wildman–Crippen LogP) is 3.84. The summed E-state index contributed by atoms with van der Waals surface area (Å²) in [7, 11) is 0. The molecule has 9 nitrogen and oxygen atoms in total. The lowest BCUT2D eigenvalue weighted by Crippen LogP contribution is -2.49. The van der Waals surface area contributed by atoms with E-state index in [0.29, 0.717) is 17.9 Å². The number of aromatic amines is 1. The average molecular weight is 528 g/mol. The number of tetrazole rings is 1.